The molecule has 88 valence electrons. The van der Waals surface area contributed by atoms with Crippen LogP contribution in [0.1, 0.15) is 44.7 Å². The maximum atomic E-state index is 13.1. The van der Waals surface area contributed by atoms with Crippen LogP contribution in [-0.4, -0.2) is 6.54 Å². The van der Waals surface area contributed by atoms with Gasteiger partial charge in [0.1, 0.15) is 5.82 Å². The molecule has 1 saturated carbocycles. The number of benzene rings is 1. The fraction of sp³-hybridized carbons (Fsp3) is 0.571. The van der Waals surface area contributed by atoms with Crippen LogP contribution in [0.25, 0.3) is 0 Å². The molecule has 1 aliphatic rings. The molecule has 1 N–H and O–H groups in total. The number of rotatable bonds is 5. The van der Waals surface area contributed by atoms with Gasteiger partial charge in [-0.1, -0.05) is 26.0 Å². The van der Waals surface area contributed by atoms with Crippen molar-refractivity contribution in [2.45, 2.75) is 39.2 Å². The SMILES string of the molecule is CCC(NCC1(C)CC1)c1cccc(F)c1. The molecule has 0 amide bonds. The van der Waals surface area contributed by atoms with Crippen LogP contribution < -0.4 is 5.32 Å². The summed E-state index contributed by atoms with van der Waals surface area (Å²) in [4.78, 5) is 0. The zero-order chi connectivity index (χ0) is 11.6. The van der Waals surface area contributed by atoms with Crippen LogP contribution in [0.4, 0.5) is 4.39 Å². The minimum atomic E-state index is -0.143. The van der Waals surface area contributed by atoms with Gasteiger partial charge < -0.3 is 5.32 Å². The number of hydrogen-bond acceptors (Lipinski definition) is 1. The van der Waals surface area contributed by atoms with Crippen LogP contribution in [0.5, 0.6) is 0 Å². The third kappa shape index (κ3) is 2.82. The molecule has 0 spiro atoms. The maximum Gasteiger partial charge on any atom is 0.123 e. The van der Waals surface area contributed by atoms with E-state index >= 15 is 0 Å². The first-order valence-electron chi connectivity index (χ1n) is 6.12. The van der Waals surface area contributed by atoms with Gasteiger partial charge in [-0.2, -0.15) is 0 Å². The summed E-state index contributed by atoms with van der Waals surface area (Å²) in [5, 5.41) is 3.55. The van der Waals surface area contributed by atoms with Crippen molar-refractivity contribution in [3.05, 3.63) is 35.6 Å². The van der Waals surface area contributed by atoms with E-state index < -0.39 is 0 Å². The van der Waals surface area contributed by atoms with Gasteiger partial charge in [0, 0.05) is 12.6 Å². The van der Waals surface area contributed by atoms with Crippen LogP contribution >= 0.6 is 0 Å². The molecule has 1 unspecified atom stereocenters. The molecule has 0 saturated heterocycles. The topological polar surface area (TPSA) is 12.0 Å². The lowest BCUT2D eigenvalue weighted by Gasteiger charge is -2.20. The Kier molecular flexibility index (Phi) is 3.29. The Morgan fingerprint density at radius 2 is 2.19 bits per heavy atom. The molecule has 1 nitrogen and oxygen atoms in total. The first-order valence-corrected chi connectivity index (χ1v) is 6.12. The van der Waals surface area contributed by atoms with Gasteiger partial charge in [-0.15, -0.1) is 0 Å². The summed E-state index contributed by atoms with van der Waals surface area (Å²) < 4.78 is 13.1. The summed E-state index contributed by atoms with van der Waals surface area (Å²) in [6, 6.07) is 7.20. The van der Waals surface area contributed by atoms with E-state index in [1.54, 1.807) is 12.1 Å². The monoisotopic (exact) mass is 221 g/mol. The average Bonchev–Trinajstić information content (AvgIpc) is 2.98. The lowest BCUT2D eigenvalue weighted by atomic mass is 10.0. The van der Waals surface area contributed by atoms with Crippen molar-refractivity contribution in [3.63, 3.8) is 0 Å². The molecule has 2 rings (SSSR count). The van der Waals surface area contributed by atoms with E-state index in [0.717, 1.165) is 18.5 Å². The van der Waals surface area contributed by atoms with Gasteiger partial charge in [0.15, 0.2) is 0 Å². The van der Waals surface area contributed by atoms with E-state index in [0.29, 0.717) is 5.41 Å². The van der Waals surface area contributed by atoms with E-state index in [-0.39, 0.29) is 11.9 Å². The minimum Gasteiger partial charge on any atom is -0.309 e. The molecule has 1 atom stereocenters. The van der Waals surface area contributed by atoms with E-state index in [1.807, 2.05) is 6.07 Å². The summed E-state index contributed by atoms with van der Waals surface area (Å²) in [7, 11) is 0. The molecular formula is C14H20FN. The van der Waals surface area contributed by atoms with Crippen molar-refractivity contribution in [1.29, 1.82) is 0 Å². The molecule has 0 radical (unpaired) electrons. The quantitative estimate of drug-likeness (QED) is 0.800. The highest BCUT2D eigenvalue weighted by Crippen LogP contribution is 2.44. The lowest BCUT2D eigenvalue weighted by Crippen LogP contribution is -2.26. The number of hydrogen-bond donors (Lipinski definition) is 1. The van der Waals surface area contributed by atoms with Crippen LogP contribution in [0.2, 0.25) is 0 Å². The highest BCUT2D eigenvalue weighted by Gasteiger charge is 2.37. The van der Waals surface area contributed by atoms with Gasteiger partial charge >= 0.3 is 0 Å². The molecule has 2 heteroatoms. The van der Waals surface area contributed by atoms with Crippen LogP contribution in [0.15, 0.2) is 24.3 Å². The van der Waals surface area contributed by atoms with E-state index in [9.17, 15) is 4.39 Å². The summed E-state index contributed by atoms with van der Waals surface area (Å²) in [6.07, 6.45) is 3.64. The molecule has 0 aliphatic heterocycles. The highest BCUT2D eigenvalue weighted by atomic mass is 19.1. The maximum absolute atomic E-state index is 13.1. The third-order valence-corrected chi connectivity index (χ3v) is 3.54. The second kappa shape index (κ2) is 4.54. The van der Waals surface area contributed by atoms with Gasteiger partial charge in [-0.05, 0) is 42.4 Å². The minimum absolute atomic E-state index is 0.143. The number of nitrogens with one attached hydrogen (secondary N) is 1. The fourth-order valence-electron chi connectivity index (χ4n) is 1.98. The highest BCUT2D eigenvalue weighted by molar-refractivity contribution is 5.20. The van der Waals surface area contributed by atoms with Crippen molar-refractivity contribution in [1.82, 2.24) is 5.32 Å². The second-order valence-electron chi connectivity index (χ2n) is 5.21. The Morgan fingerprint density at radius 1 is 1.44 bits per heavy atom. The summed E-state index contributed by atoms with van der Waals surface area (Å²) in [5.41, 5.74) is 1.56. The molecule has 1 aliphatic carbocycles. The first-order chi connectivity index (χ1) is 7.63. The van der Waals surface area contributed by atoms with E-state index in [4.69, 9.17) is 0 Å². The average molecular weight is 221 g/mol. The lowest BCUT2D eigenvalue weighted by molar-refractivity contribution is 0.432. The third-order valence-electron chi connectivity index (χ3n) is 3.54. The molecule has 0 bridgehead atoms. The standard InChI is InChI=1S/C14H20FN/c1-3-13(16-10-14(2)7-8-14)11-5-4-6-12(15)9-11/h4-6,9,13,16H,3,7-8,10H2,1-2H3. The van der Waals surface area contributed by atoms with Crippen molar-refractivity contribution >= 4 is 0 Å². The number of halogens is 1. The van der Waals surface area contributed by atoms with Gasteiger partial charge in [-0.25, -0.2) is 4.39 Å². The van der Waals surface area contributed by atoms with Crippen LogP contribution in [0.3, 0.4) is 0 Å². The zero-order valence-corrected chi connectivity index (χ0v) is 10.1. The Morgan fingerprint density at radius 3 is 2.75 bits per heavy atom. The normalized spacial score (nSPS) is 19.4. The largest absolute Gasteiger partial charge is 0.309 e. The van der Waals surface area contributed by atoms with Crippen molar-refractivity contribution in [2.75, 3.05) is 6.54 Å². The molecule has 16 heavy (non-hydrogen) atoms. The zero-order valence-electron chi connectivity index (χ0n) is 10.1. The van der Waals surface area contributed by atoms with Gasteiger partial charge in [-0.3, -0.25) is 0 Å². The predicted octanol–water partition coefficient (Wildman–Crippen LogP) is 3.67. The Balaban J connectivity index is 1.98. The molecule has 1 fully saturated rings. The van der Waals surface area contributed by atoms with Crippen molar-refractivity contribution in [3.8, 4) is 0 Å². The van der Waals surface area contributed by atoms with Crippen LogP contribution in [0, 0.1) is 11.2 Å². The van der Waals surface area contributed by atoms with Gasteiger partial charge in [0.2, 0.25) is 0 Å². The predicted molar refractivity (Wildman–Crippen MR) is 64.8 cm³/mol. The van der Waals surface area contributed by atoms with E-state index in [1.165, 1.54) is 18.9 Å². The fourth-order valence-corrected chi connectivity index (χ4v) is 1.98. The second-order valence-corrected chi connectivity index (χ2v) is 5.21. The summed E-state index contributed by atoms with van der Waals surface area (Å²) >= 11 is 0. The van der Waals surface area contributed by atoms with Gasteiger partial charge in [0.05, 0.1) is 0 Å². The molecule has 0 heterocycles. The summed E-state index contributed by atoms with van der Waals surface area (Å²) in [5.74, 6) is -0.143. The van der Waals surface area contributed by atoms with Crippen molar-refractivity contribution in [2.24, 2.45) is 5.41 Å². The molecular weight excluding hydrogens is 201 g/mol. The van der Waals surface area contributed by atoms with Gasteiger partial charge in [0.25, 0.3) is 0 Å². The smallest absolute Gasteiger partial charge is 0.123 e. The summed E-state index contributed by atoms with van der Waals surface area (Å²) in [6.45, 7) is 5.48. The van der Waals surface area contributed by atoms with E-state index in [2.05, 4.69) is 19.2 Å². The molecule has 0 aromatic heterocycles. The Labute approximate surface area is 97.1 Å². The molecule has 1 aromatic carbocycles. The Hall–Kier alpha value is -0.890. The first kappa shape index (κ1) is 11.6. The molecule has 1 aromatic rings. The Bertz CT molecular complexity index is 358. The van der Waals surface area contributed by atoms with Crippen LogP contribution in [-0.2, 0) is 0 Å². The van der Waals surface area contributed by atoms with Crippen molar-refractivity contribution < 1.29 is 4.39 Å².